The van der Waals surface area contributed by atoms with Crippen molar-refractivity contribution in [2.75, 3.05) is 5.32 Å². The Bertz CT molecular complexity index is 887. The molecule has 116 valence electrons. The molecule has 6 nitrogen and oxygen atoms in total. The van der Waals surface area contributed by atoms with Crippen molar-refractivity contribution in [3.63, 3.8) is 0 Å². The van der Waals surface area contributed by atoms with Crippen LogP contribution >= 0.6 is 11.3 Å². The molecule has 3 aromatic rings. The molecule has 1 aromatic carbocycles. The van der Waals surface area contributed by atoms with E-state index in [0.29, 0.717) is 0 Å². The number of aromatic nitrogens is 1. The highest BCUT2D eigenvalue weighted by Gasteiger charge is 2.16. The zero-order chi connectivity index (χ0) is 16.4. The average Bonchev–Trinajstić information content (AvgIpc) is 3.16. The Labute approximate surface area is 133 Å². The lowest BCUT2D eigenvalue weighted by Crippen LogP contribution is -2.10. The van der Waals surface area contributed by atoms with E-state index in [-0.39, 0.29) is 27.1 Å². The van der Waals surface area contributed by atoms with Crippen LogP contribution in [0.5, 0.6) is 0 Å². The number of carbonyl (C=O) groups excluding carboxylic acids is 2. The van der Waals surface area contributed by atoms with Crippen LogP contribution in [0.4, 0.5) is 9.52 Å². The second-order valence-electron chi connectivity index (χ2n) is 4.49. The number of rotatable bonds is 4. The molecule has 3 rings (SSSR count). The minimum Gasteiger partial charge on any atom is -0.451 e. The highest BCUT2D eigenvalue weighted by Crippen LogP contribution is 2.25. The van der Waals surface area contributed by atoms with Gasteiger partial charge in [-0.2, -0.15) is 0 Å². The molecule has 2 amide bonds. The minimum absolute atomic E-state index is 0.000854. The van der Waals surface area contributed by atoms with Gasteiger partial charge in [-0.15, -0.1) is 0 Å². The van der Waals surface area contributed by atoms with Gasteiger partial charge in [0.1, 0.15) is 16.5 Å². The summed E-state index contributed by atoms with van der Waals surface area (Å²) in [5.41, 5.74) is 5.38. The lowest BCUT2D eigenvalue weighted by molar-refractivity contribution is 0.0992. The maximum Gasteiger partial charge on any atom is 0.293 e. The molecule has 3 N–H and O–H groups in total. The Balaban J connectivity index is 1.78. The van der Waals surface area contributed by atoms with E-state index < -0.39 is 17.6 Å². The van der Waals surface area contributed by atoms with Crippen LogP contribution in [0.1, 0.15) is 20.2 Å². The van der Waals surface area contributed by atoms with Gasteiger partial charge in [-0.25, -0.2) is 9.37 Å². The van der Waals surface area contributed by atoms with Crippen molar-refractivity contribution in [2.45, 2.75) is 0 Å². The predicted octanol–water partition coefficient (Wildman–Crippen LogP) is 2.89. The van der Waals surface area contributed by atoms with E-state index >= 15 is 0 Å². The van der Waals surface area contributed by atoms with Crippen molar-refractivity contribution in [1.82, 2.24) is 4.98 Å². The van der Waals surface area contributed by atoms with Crippen LogP contribution in [0.2, 0.25) is 0 Å². The number of anilines is 1. The number of thiazole rings is 1. The summed E-state index contributed by atoms with van der Waals surface area (Å²) in [7, 11) is 0. The third kappa shape index (κ3) is 3.11. The van der Waals surface area contributed by atoms with Crippen molar-refractivity contribution >= 4 is 28.3 Å². The van der Waals surface area contributed by atoms with Crippen LogP contribution in [-0.2, 0) is 0 Å². The molecule has 0 bridgehead atoms. The molecule has 0 fully saturated rings. The van der Waals surface area contributed by atoms with Crippen molar-refractivity contribution < 1.29 is 18.4 Å². The summed E-state index contributed by atoms with van der Waals surface area (Å²) >= 11 is 0.950. The Morgan fingerprint density at radius 2 is 2.00 bits per heavy atom. The first-order chi connectivity index (χ1) is 11.0. The summed E-state index contributed by atoms with van der Waals surface area (Å²) < 4.78 is 19.1. The number of furan rings is 1. The number of primary amides is 1. The second kappa shape index (κ2) is 6.01. The molecule has 0 spiro atoms. The fourth-order valence-electron chi connectivity index (χ4n) is 1.87. The zero-order valence-corrected chi connectivity index (χ0v) is 12.4. The molecule has 0 saturated carbocycles. The Kier molecular flexibility index (Phi) is 3.90. The predicted molar refractivity (Wildman–Crippen MR) is 82.7 cm³/mol. The van der Waals surface area contributed by atoms with Crippen molar-refractivity contribution in [3.8, 4) is 11.3 Å². The summed E-state index contributed by atoms with van der Waals surface area (Å²) in [5.74, 6) is -1.38. The molecule has 0 aliphatic carbocycles. The van der Waals surface area contributed by atoms with Gasteiger partial charge in [-0.3, -0.25) is 14.9 Å². The summed E-state index contributed by atoms with van der Waals surface area (Å²) in [6.07, 6.45) is 1.27. The molecule has 8 heteroatoms. The zero-order valence-electron chi connectivity index (χ0n) is 11.6. The van der Waals surface area contributed by atoms with Crippen molar-refractivity contribution in [3.05, 3.63) is 59.0 Å². The number of hydrogen-bond acceptors (Lipinski definition) is 5. The third-order valence-electron chi connectivity index (χ3n) is 2.94. The number of nitrogens with two attached hydrogens (primary N) is 1. The highest BCUT2D eigenvalue weighted by molar-refractivity contribution is 7.17. The van der Waals surface area contributed by atoms with Gasteiger partial charge in [-0.1, -0.05) is 23.5 Å². The first-order valence-electron chi connectivity index (χ1n) is 6.46. The summed E-state index contributed by atoms with van der Waals surface area (Å²) in [6, 6.07) is 9.02. The molecule has 0 radical (unpaired) electrons. The van der Waals surface area contributed by atoms with Gasteiger partial charge in [0, 0.05) is 0 Å². The quantitative estimate of drug-likeness (QED) is 0.768. The topological polar surface area (TPSA) is 98.2 Å². The van der Waals surface area contributed by atoms with E-state index in [0.717, 1.165) is 11.3 Å². The first-order valence-corrected chi connectivity index (χ1v) is 7.28. The number of nitrogens with one attached hydrogen (secondary N) is 1. The number of halogens is 1. The lowest BCUT2D eigenvalue weighted by atomic mass is 10.1. The maximum absolute atomic E-state index is 13.7. The van der Waals surface area contributed by atoms with Crippen LogP contribution in [0.15, 0.2) is 47.0 Å². The number of benzene rings is 1. The van der Waals surface area contributed by atoms with Gasteiger partial charge in [0.05, 0.1) is 11.8 Å². The molecular weight excluding hydrogens is 321 g/mol. The lowest BCUT2D eigenvalue weighted by Gasteiger charge is -1.99. The van der Waals surface area contributed by atoms with Gasteiger partial charge in [0.25, 0.3) is 11.8 Å². The molecule has 2 aromatic heterocycles. The third-order valence-corrected chi connectivity index (χ3v) is 3.87. The SMILES string of the molecule is NC(=O)c1cnc(NC(=O)c2ccc(-c3ccccc3F)o2)s1. The summed E-state index contributed by atoms with van der Waals surface area (Å²) in [5, 5.41) is 2.70. The van der Waals surface area contributed by atoms with Crippen LogP contribution in [-0.4, -0.2) is 16.8 Å². The first kappa shape index (κ1) is 14.9. The monoisotopic (exact) mass is 331 g/mol. The van der Waals surface area contributed by atoms with Gasteiger partial charge >= 0.3 is 0 Å². The largest absolute Gasteiger partial charge is 0.451 e. The Hall–Kier alpha value is -3.00. The molecule has 2 heterocycles. The normalized spacial score (nSPS) is 10.5. The van der Waals surface area contributed by atoms with Crippen LogP contribution in [0.3, 0.4) is 0 Å². The van der Waals surface area contributed by atoms with E-state index in [9.17, 15) is 14.0 Å². The summed E-state index contributed by atoms with van der Waals surface area (Å²) in [4.78, 5) is 27.2. The smallest absolute Gasteiger partial charge is 0.293 e. The fourth-order valence-corrected chi connectivity index (χ4v) is 2.53. The molecule has 0 atom stereocenters. The Morgan fingerprint density at radius 3 is 2.70 bits per heavy atom. The van der Waals surface area contributed by atoms with E-state index in [2.05, 4.69) is 10.3 Å². The Morgan fingerprint density at radius 1 is 1.22 bits per heavy atom. The van der Waals surface area contributed by atoms with E-state index in [4.69, 9.17) is 10.2 Å². The summed E-state index contributed by atoms with van der Waals surface area (Å²) in [6.45, 7) is 0. The van der Waals surface area contributed by atoms with Crippen LogP contribution in [0.25, 0.3) is 11.3 Å². The highest BCUT2D eigenvalue weighted by atomic mass is 32.1. The molecule has 0 unspecified atom stereocenters. The molecule has 0 saturated heterocycles. The molecule has 23 heavy (non-hydrogen) atoms. The number of nitrogens with zero attached hydrogens (tertiary/aromatic N) is 1. The van der Waals surface area contributed by atoms with E-state index in [1.54, 1.807) is 18.2 Å². The average molecular weight is 331 g/mol. The van der Waals surface area contributed by atoms with Crippen LogP contribution in [0, 0.1) is 5.82 Å². The van der Waals surface area contributed by atoms with Crippen molar-refractivity contribution in [2.24, 2.45) is 5.73 Å². The molecule has 0 aliphatic heterocycles. The molecule has 0 aliphatic rings. The van der Waals surface area contributed by atoms with Gasteiger partial charge in [0.15, 0.2) is 10.9 Å². The number of amides is 2. The van der Waals surface area contributed by atoms with E-state index in [1.165, 1.54) is 24.4 Å². The van der Waals surface area contributed by atoms with E-state index in [1.807, 2.05) is 0 Å². The fraction of sp³-hybridized carbons (Fsp3) is 0. The van der Waals surface area contributed by atoms with Gasteiger partial charge < -0.3 is 10.2 Å². The van der Waals surface area contributed by atoms with Gasteiger partial charge in [0.2, 0.25) is 0 Å². The number of hydrogen-bond donors (Lipinski definition) is 2. The standard InChI is InChI=1S/C15H10FN3O3S/c16-9-4-2-1-3-8(9)10-5-6-11(22-10)14(21)19-15-18-7-12(23-15)13(17)20/h1-7H,(H2,17,20)(H,18,19,21). The second-order valence-corrected chi connectivity index (χ2v) is 5.52. The van der Waals surface area contributed by atoms with Crippen molar-refractivity contribution in [1.29, 1.82) is 0 Å². The minimum atomic E-state index is -0.622. The molecular formula is C15H10FN3O3S. The maximum atomic E-state index is 13.7. The van der Waals surface area contributed by atoms with Crippen LogP contribution < -0.4 is 11.1 Å². The van der Waals surface area contributed by atoms with Gasteiger partial charge in [-0.05, 0) is 24.3 Å². The number of carbonyl (C=O) groups is 2.